The molecule has 0 bridgehead atoms. The number of halogens is 7. The van der Waals surface area contributed by atoms with Crippen molar-refractivity contribution < 1.29 is 45.0 Å². The van der Waals surface area contributed by atoms with Crippen molar-refractivity contribution in [2.45, 2.75) is 43.1 Å². The zero-order valence-corrected chi connectivity index (χ0v) is 20.9. The molecular formula is C26H27F7N2O3. The molecule has 2 aromatic rings. The SMILES string of the molecule is COc1ccc([C@@]23CC[C@@H](N(C(=O)C(F)(F)F)c4ccc(C(F)(F)F)c(F)c4)C[C@@H]2CN(C)C3)cc1OC. The lowest BCUT2D eigenvalue weighted by Crippen LogP contribution is -2.52. The molecule has 1 saturated heterocycles. The minimum Gasteiger partial charge on any atom is -0.493 e. The predicted octanol–water partition coefficient (Wildman–Crippen LogP) is 5.81. The van der Waals surface area contributed by atoms with Gasteiger partial charge in [-0.3, -0.25) is 4.79 Å². The smallest absolute Gasteiger partial charge is 0.471 e. The summed E-state index contributed by atoms with van der Waals surface area (Å²) in [7, 11) is 4.89. The van der Waals surface area contributed by atoms with Gasteiger partial charge in [0.2, 0.25) is 0 Å². The maximum absolute atomic E-state index is 14.3. The lowest BCUT2D eigenvalue weighted by molar-refractivity contribution is -0.171. The van der Waals surface area contributed by atoms with Crippen LogP contribution >= 0.6 is 0 Å². The number of rotatable bonds is 5. The third-order valence-corrected chi connectivity index (χ3v) is 7.67. The topological polar surface area (TPSA) is 42.0 Å². The Bertz CT molecular complexity index is 1200. The van der Waals surface area contributed by atoms with Crippen LogP contribution in [0.2, 0.25) is 0 Å². The molecule has 0 unspecified atom stereocenters. The predicted molar refractivity (Wildman–Crippen MR) is 125 cm³/mol. The molecule has 2 aromatic carbocycles. The summed E-state index contributed by atoms with van der Waals surface area (Å²) in [6, 6.07) is 5.92. The molecule has 2 fully saturated rings. The standard InChI is InChI=1S/C26H27F7N2O3/c1-34-13-16-10-18(8-9-24(16,14-34)15-4-7-21(37-2)22(11-15)38-3)35(23(36)26(31,32)33)17-5-6-19(20(27)12-17)25(28,29)30/h4-7,11-12,16,18H,8-10,13-14H2,1-3H3/t16-,18-,24+/m1/s1. The summed E-state index contributed by atoms with van der Waals surface area (Å²) in [4.78, 5) is 15.0. The first-order valence-corrected chi connectivity index (χ1v) is 11.9. The molecule has 4 rings (SSSR count). The van der Waals surface area contributed by atoms with Gasteiger partial charge in [-0.25, -0.2) is 4.39 Å². The van der Waals surface area contributed by atoms with Gasteiger partial charge in [-0.1, -0.05) is 6.07 Å². The molecule has 5 nitrogen and oxygen atoms in total. The number of alkyl halides is 6. The molecule has 2 aliphatic rings. The summed E-state index contributed by atoms with van der Waals surface area (Å²) in [5.41, 5.74) is -1.72. The molecule has 1 aliphatic carbocycles. The monoisotopic (exact) mass is 548 g/mol. The van der Waals surface area contributed by atoms with Crippen LogP contribution in [-0.4, -0.2) is 57.4 Å². The molecule has 1 saturated carbocycles. The van der Waals surface area contributed by atoms with E-state index in [0.29, 0.717) is 54.1 Å². The molecule has 0 spiro atoms. The minimum atomic E-state index is -5.30. The van der Waals surface area contributed by atoms with Crippen molar-refractivity contribution in [1.82, 2.24) is 4.90 Å². The van der Waals surface area contributed by atoms with Crippen molar-refractivity contribution in [3.63, 3.8) is 0 Å². The molecule has 0 aromatic heterocycles. The second kappa shape index (κ2) is 9.94. The summed E-state index contributed by atoms with van der Waals surface area (Å²) in [5.74, 6) is -3.15. The summed E-state index contributed by atoms with van der Waals surface area (Å²) in [6.07, 6.45) is -9.66. The first-order chi connectivity index (χ1) is 17.7. The number of carbonyl (C=O) groups excluding carboxylic acids is 1. The zero-order valence-electron chi connectivity index (χ0n) is 20.9. The van der Waals surface area contributed by atoms with Gasteiger partial charge in [0.15, 0.2) is 11.5 Å². The van der Waals surface area contributed by atoms with Gasteiger partial charge in [0.05, 0.1) is 19.8 Å². The highest BCUT2D eigenvalue weighted by Crippen LogP contribution is 2.51. The number of carbonyl (C=O) groups is 1. The fourth-order valence-corrected chi connectivity index (χ4v) is 6.05. The van der Waals surface area contributed by atoms with E-state index >= 15 is 0 Å². The van der Waals surface area contributed by atoms with Gasteiger partial charge in [0.25, 0.3) is 0 Å². The Kier molecular flexibility index (Phi) is 7.32. The van der Waals surface area contributed by atoms with E-state index in [2.05, 4.69) is 4.90 Å². The largest absolute Gasteiger partial charge is 0.493 e. The number of benzene rings is 2. The van der Waals surface area contributed by atoms with Crippen LogP contribution in [-0.2, 0) is 16.4 Å². The van der Waals surface area contributed by atoms with Crippen LogP contribution in [0.4, 0.5) is 36.4 Å². The van der Waals surface area contributed by atoms with Crippen LogP contribution in [0.1, 0.15) is 30.4 Å². The molecular weight excluding hydrogens is 521 g/mol. The molecule has 1 aliphatic heterocycles. The van der Waals surface area contributed by atoms with Gasteiger partial charge in [0.1, 0.15) is 5.82 Å². The molecule has 0 radical (unpaired) electrons. The number of anilines is 1. The lowest BCUT2D eigenvalue weighted by atomic mass is 9.63. The van der Waals surface area contributed by atoms with Crippen molar-refractivity contribution >= 4 is 11.6 Å². The highest BCUT2D eigenvalue weighted by Gasteiger charge is 2.53. The van der Waals surface area contributed by atoms with Gasteiger partial charge < -0.3 is 19.3 Å². The molecule has 38 heavy (non-hydrogen) atoms. The maximum atomic E-state index is 14.3. The Hall–Kier alpha value is -3.02. The highest BCUT2D eigenvalue weighted by molar-refractivity contribution is 5.98. The van der Waals surface area contributed by atoms with Crippen molar-refractivity contribution in [3.05, 3.63) is 53.3 Å². The van der Waals surface area contributed by atoms with Crippen molar-refractivity contribution in [2.75, 3.05) is 39.3 Å². The Morgan fingerprint density at radius 1 is 1.03 bits per heavy atom. The van der Waals surface area contributed by atoms with Crippen molar-refractivity contribution in [1.29, 1.82) is 0 Å². The summed E-state index contributed by atoms with van der Waals surface area (Å²) in [5, 5.41) is 0. The molecule has 1 heterocycles. The fourth-order valence-electron chi connectivity index (χ4n) is 6.05. The number of ether oxygens (including phenoxy) is 2. The van der Waals surface area contributed by atoms with Crippen LogP contribution in [0.5, 0.6) is 11.5 Å². The van der Waals surface area contributed by atoms with Gasteiger partial charge in [-0.2, -0.15) is 26.3 Å². The fraction of sp³-hybridized carbons (Fsp3) is 0.500. The average Bonchev–Trinajstić information content (AvgIpc) is 3.18. The van der Waals surface area contributed by atoms with Crippen LogP contribution in [0.15, 0.2) is 36.4 Å². The molecule has 0 N–H and O–H groups in total. The number of hydrogen-bond acceptors (Lipinski definition) is 4. The van der Waals surface area contributed by atoms with E-state index in [1.54, 1.807) is 6.07 Å². The van der Waals surface area contributed by atoms with E-state index in [9.17, 15) is 35.5 Å². The van der Waals surface area contributed by atoms with Crippen molar-refractivity contribution in [2.24, 2.45) is 5.92 Å². The zero-order chi connectivity index (χ0) is 28.0. The first kappa shape index (κ1) is 28.0. The number of likely N-dealkylation sites (tertiary alicyclic amines) is 1. The Morgan fingerprint density at radius 3 is 2.29 bits per heavy atom. The quantitative estimate of drug-likeness (QED) is 0.443. The number of nitrogens with zero attached hydrogens (tertiary/aromatic N) is 2. The number of amides is 1. The summed E-state index contributed by atoms with van der Waals surface area (Å²) in [6.45, 7) is 1.14. The summed E-state index contributed by atoms with van der Waals surface area (Å²) < 4.78 is 105. The maximum Gasteiger partial charge on any atom is 0.471 e. The van der Waals surface area contributed by atoms with E-state index in [1.807, 2.05) is 19.2 Å². The van der Waals surface area contributed by atoms with E-state index in [0.717, 1.165) is 5.56 Å². The van der Waals surface area contributed by atoms with Gasteiger partial charge in [-0.15, -0.1) is 0 Å². The third kappa shape index (κ3) is 5.02. The van der Waals surface area contributed by atoms with E-state index < -0.39 is 46.8 Å². The second-order valence-electron chi connectivity index (χ2n) is 9.88. The highest BCUT2D eigenvalue weighted by atomic mass is 19.4. The van der Waals surface area contributed by atoms with Gasteiger partial charge >= 0.3 is 18.3 Å². The van der Waals surface area contributed by atoms with E-state index in [4.69, 9.17) is 9.47 Å². The van der Waals surface area contributed by atoms with Gasteiger partial charge in [0, 0.05) is 30.2 Å². The first-order valence-electron chi connectivity index (χ1n) is 11.9. The number of methoxy groups -OCH3 is 2. The molecule has 208 valence electrons. The van der Waals surface area contributed by atoms with Crippen molar-refractivity contribution in [3.8, 4) is 11.5 Å². The molecule has 3 atom stereocenters. The Morgan fingerprint density at radius 2 is 1.71 bits per heavy atom. The third-order valence-electron chi connectivity index (χ3n) is 7.67. The molecule has 12 heteroatoms. The Balaban J connectivity index is 1.72. The van der Waals surface area contributed by atoms with Crippen LogP contribution < -0.4 is 14.4 Å². The second-order valence-corrected chi connectivity index (χ2v) is 9.88. The summed E-state index contributed by atoms with van der Waals surface area (Å²) >= 11 is 0. The normalized spacial score (nSPS) is 24.2. The molecule has 1 amide bonds. The van der Waals surface area contributed by atoms with Crippen LogP contribution in [0.25, 0.3) is 0 Å². The van der Waals surface area contributed by atoms with Crippen LogP contribution in [0.3, 0.4) is 0 Å². The lowest BCUT2D eigenvalue weighted by Gasteiger charge is -2.46. The number of likely N-dealkylation sites (N-methyl/N-ethyl adjacent to an activating group) is 1. The van der Waals surface area contributed by atoms with Gasteiger partial charge in [-0.05, 0) is 68.1 Å². The van der Waals surface area contributed by atoms with Crippen LogP contribution in [0, 0.1) is 11.7 Å². The van der Waals surface area contributed by atoms with E-state index in [-0.39, 0.29) is 18.8 Å². The van der Waals surface area contributed by atoms with E-state index in [1.165, 1.54) is 14.2 Å². The minimum absolute atomic E-state index is 0.128. The number of fused-ring (bicyclic) bond motifs is 1. The Labute approximate surface area is 215 Å². The average molecular weight is 548 g/mol. The number of hydrogen-bond donors (Lipinski definition) is 0.